The molecule has 0 fully saturated rings. The van der Waals surface area contributed by atoms with Gasteiger partial charge in [0.2, 0.25) is 0 Å². The zero-order valence-corrected chi connectivity index (χ0v) is 10.5. The minimum Gasteiger partial charge on any atom is -0.289 e. The Kier molecular flexibility index (Phi) is 3.67. The molecule has 0 aromatic heterocycles. The van der Waals surface area contributed by atoms with E-state index < -0.39 is 0 Å². The second-order valence-electron chi connectivity index (χ2n) is 3.54. The Bertz CT molecular complexity index is 578. The maximum Gasteiger partial charge on any atom is 0.193 e. The third-order valence-corrected chi connectivity index (χ3v) is 2.91. The summed E-state index contributed by atoms with van der Waals surface area (Å²) in [7, 11) is 0. The molecule has 0 aliphatic heterocycles. The Morgan fingerprint density at radius 2 is 1.88 bits per heavy atom. The highest BCUT2D eigenvalue weighted by atomic mass is 35.5. The fraction of sp³-hybridized carbons (Fsp3) is 0. The quantitative estimate of drug-likeness (QED) is 0.615. The van der Waals surface area contributed by atoms with Crippen LogP contribution in [0.25, 0.3) is 0 Å². The molecule has 0 N–H and O–H groups in total. The molecule has 0 aliphatic carbocycles. The number of thiocarbonyl (C=S) groups is 1. The molecule has 0 bridgehead atoms. The monoisotopic (exact) mass is 260 g/mol. The van der Waals surface area contributed by atoms with Crippen LogP contribution >= 0.6 is 23.8 Å². The standard InChI is InChI=1S/C14H9ClOS/c15-12-6-3-5-10(8-12)14(16)13-7-2-1-4-11(13)9-17/h1-9H. The predicted octanol–water partition coefficient (Wildman–Crippen LogP) is 3.92. The molecule has 84 valence electrons. The van der Waals surface area contributed by atoms with E-state index in [2.05, 4.69) is 0 Å². The minimum atomic E-state index is -0.0656. The zero-order chi connectivity index (χ0) is 12.3. The smallest absolute Gasteiger partial charge is 0.193 e. The van der Waals surface area contributed by atoms with Crippen molar-refractivity contribution in [1.29, 1.82) is 0 Å². The van der Waals surface area contributed by atoms with Crippen molar-refractivity contribution in [2.45, 2.75) is 0 Å². The van der Waals surface area contributed by atoms with Crippen molar-refractivity contribution in [3.05, 3.63) is 70.2 Å². The molecule has 2 aromatic carbocycles. The average Bonchev–Trinajstić information content (AvgIpc) is 2.38. The summed E-state index contributed by atoms with van der Waals surface area (Å²) in [4.78, 5) is 12.3. The van der Waals surface area contributed by atoms with Crippen LogP contribution in [-0.4, -0.2) is 11.2 Å². The van der Waals surface area contributed by atoms with E-state index in [9.17, 15) is 4.79 Å². The number of benzene rings is 2. The van der Waals surface area contributed by atoms with Gasteiger partial charge in [0.25, 0.3) is 0 Å². The van der Waals surface area contributed by atoms with Crippen molar-refractivity contribution in [1.82, 2.24) is 0 Å². The summed E-state index contributed by atoms with van der Waals surface area (Å²) in [5.41, 5.74) is 1.93. The molecule has 0 atom stereocenters. The van der Waals surface area contributed by atoms with E-state index in [1.807, 2.05) is 18.2 Å². The number of ketones is 1. The summed E-state index contributed by atoms with van der Waals surface area (Å²) in [5.74, 6) is -0.0656. The minimum absolute atomic E-state index is 0.0656. The molecule has 3 heteroatoms. The molecule has 0 heterocycles. The van der Waals surface area contributed by atoms with Crippen LogP contribution in [0.1, 0.15) is 21.5 Å². The van der Waals surface area contributed by atoms with E-state index in [1.165, 1.54) is 5.37 Å². The number of hydrogen-bond acceptors (Lipinski definition) is 2. The van der Waals surface area contributed by atoms with Crippen LogP contribution in [0.5, 0.6) is 0 Å². The van der Waals surface area contributed by atoms with Gasteiger partial charge in [0.15, 0.2) is 5.78 Å². The second kappa shape index (κ2) is 5.21. The highest BCUT2D eigenvalue weighted by molar-refractivity contribution is 7.79. The van der Waals surface area contributed by atoms with Crippen LogP contribution in [0, 0.1) is 0 Å². The summed E-state index contributed by atoms with van der Waals surface area (Å²) in [6, 6.07) is 14.2. The Morgan fingerprint density at radius 1 is 1.12 bits per heavy atom. The van der Waals surface area contributed by atoms with Gasteiger partial charge in [0.05, 0.1) is 0 Å². The first-order valence-corrected chi connectivity index (χ1v) is 5.92. The van der Waals surface area contributed by atoms with Crippen molar-refractivity contribution in [2.75, 3.05) is 0 Å². The van der Waals surface area contributed by atoms with Gasteiger partial charge in [-0.15, -0.1) is 0 Å². The fourth-order valence-corrected chi connectivity index (χ4v) is 1.99. The normalized spacial score (nSPS) is 9.94. The summed E-state index contributed by atoms with van der Waals surface area (Å²) < 4.78 is 0. The first-order valence-electron chi connectivity index (χ1n) is 5.07. The number of carbonyl (C=O) groups is 1. The fourth-order valence-electron chi connectivity index (χ4n) is 1.59. The molecule has 0 amide bonds. The van der Waals surface area contributed by atoms with Crippen LogP contribution in [0.4, 0.5) is 0 Å². The van der Waals surface area contributed by atoms with Gasteiger partial charge in [0, 0.05) is 21.5 Å². The van der Waals surface area contributed by atoms with E-state index in [-0.39, 0.29) is 5.78 Å². The average molecular weight is 261 g/mol. The van der Waals surface area contributed by atoms with Crippen LogP contribution in [0.2, 0.25) is 5.02 Å². The Morgan fingerprint density at radius 3 is 2.59 bits per heavy atom. The molecule has 2 rings (SSSR count). The number of hydrogen-bond donors (Lipinski definition) is 0. The van der Waals surface area contributed by atoms with Crippen molar-refractivity contribution < 1.29 is 4.79 Å². The second-order valence-corrected chi connectivity index (χ2v) is 4.22. The number of carbonyl (C=O) groups excluding carboxylic acids is 1. The Labute approximate surface area is 110 Å². The van der Waals surface area contributed by atoms with E-state index in [0.717, 1.165) is 5.56 Å². The van der Waals surface area contributed by atoms with Gasteiger partial charge in [-0.25, -0.2) is 0 Å². The summed E-state index contributed by atoms with van der Waals surface area (Å²) in [6.07, 6.45) is 0. The lowest BCUT2D eigenvalue weighted by Crippen LogP contribution is -2.04. The predicted molar refractivity (Wildman–Crippen MR) is 74.1 cm³/mol. The highest BCUT2D eigenvalue weighted by Crippen LogP contribution is 2.16. The lowest BCUT2D eigenvalue weighted by Gasteiger charge is -2.04. The van der Waals surface area contributed by atoms with E-state index in [1.54, 1.807) is 30.3 Å². The number of halogens is 1. The molecule has 0 unspecified atom stereocenters. The van der Waals surface area contributed by atoms with Gasteiger partial charge in [-0.05, 0) is 17.7 Å². The molecule has 0 saturated heterocycles. The van der Waals surface area contributed by atoms with Crippen molar-refractivity contribution in [3.63, 3.8) is 0 Å². The van der Waals surface area contributed by atoms with Crippen LogP contribution < -0.4 is 0 Å². The topological polar surface area (TPSA) is 17.1 Å². The molecule has 2 aromatic rings. The van der Waals surface area contributed by atoms with Gasteiger partial charge in [-0.1, -0.05) is 60.2 Å². The van der Waals surface area contributed by atoms with Gasteiger partial charge in [-0.2, -0.15) is 0 Å². The van der Waals surface area contributed by atoms with Gasteiger partial charge >= 0.3 is 0 Å². The largest absolute Gasteiger partial charge is 0.289 e. The third-order valence-electron chi connectivity index (χ3n) is 2.42. The SMILES string of the molecule is O=C(c1cccc(Cl)c1)c1ccccc1C=S. The Hall–Kier alpha value is -1.51. The molecule has 0 saturated carbocycles. The van der Waals surface area contributed by atoms with Crippen molar-refractivity contribution >= 4 is 35.0 Å². The van der Waals surface area contributed by atoms with Crippen LogP contribution in [0.15, 0.2) is 48.5 Å². The Balaban J connectivity index is 2.47. The van der Waals surface area contributed by atoms with E-state index in [0.29, 0.717) is 16.1 Å². The molecule has 0 radical (unpaired) electrons. The van der Waals surface area contributed by atoms with E-state index in [4.69, 9.17) is 23.8 Å². The molecule has 0 aliphatic rings. The van der Waals surface area contributed by atoms with Gasteiger partial charge in [-0.3, -0.25) is 4.79 Å². The van der Waals surface area contributed by atoms with Crippen molar-refractivity contribution in [3.8, 4) is 0 Å². The first-order chi connectivity index (χ1) is 8.22. The summed E-state index contributed by atoms with van der Waals surface area (Å²) in [6.45, 7) is 0. The molecule has 0 spiro atoms. The highest BCUT2D eigenvalue weighted by Gasteiger charge is 2.11. The molecule has 1 nitrogen and oxygen atoms in total. The first kappa shape index (κ1) is 12.0. The molecular weight excluding hydrogens is 252 g/mol. The van der Waals surface area contributed by atoms with Crippen LogP contribution in [-0.2, 0) is 0 Å². The lowest BCUT2D eigenvalue weighted by atomic mass is 9.99. The van der Waals surface area contributed by atoms with Crippen molar-refractivity contribution in [2.24, 2.45) is 0 Å². The van der Waals surface area contributed by atoms with E-state index >= 15 is 0 Å². The molecule has 17 heavy (non-hydrogen) atoms. The van der Waals surface area contributed by atoms with Gasteiger partial charge in [0.1, 0.15) is 0 Å². The van der Waals surface area contributed by atoms with Crippen LogP contribution in [0.3, 0.4) is 0 Å². The maximum absolute atomic E-state index is 12.3. The maximum atomic E-state index is 12.3. The third kappa shape index (κ3) is 2.60. The lowest BCUT2D eigenvalue weighted by molar-refractivity contribution is 0.103. The summed E-state index contributed by atoms with van der Waals surface area (Å²) in [5, 5.41) is 2.06. The number of rotatable bonds is 3. The zero-order valence-electron chi connectivity index (χ0n) is 8.89. The molecular formula is C14H9ClOS. The van der Waals surface area contributed by atoms with Gasteiger partial charge < -0.3 is 0 Å². The summed E-state index contributed by atoms with van der Waals surface area (Å²) >= 11 is 10.8.